The molecule has 2 aliphatic heterocycles. The van der Waals surface area contributed by atoms with Crippen LogP contribution in [-0.2, 0) is 9.59 Å². The van der Waals surface area contributed by atoms with Gasteiger partial charge in [-0.1, -0.05) is 18.7 Å². The predicted octanol–water partition coefficient (Wildman–Crippen LogP) is 1.64. The van der Waals surface area contributed by atoms with E-state index in [1.807, 2.05) is 13.0 Å². The summed E-state index contributed by atoms with van der Waals surface area (Å²) in [5, 5.41) is 32.4. The van der Waals surface area contributed by atoms with E-state index in [1.54, 1.807) is 11.5 Å². The van der Waals surface area contributed by atoms with Crippen LogP contribution in [0.5, 0.6) is 0 Å². The third-order valence-electron chi connectivity index (χ3n) is 5.06. The van der Waals surface area contributed by atoms with Crippen molar-refractivity contribution in [2.45, 2.75) is 32.4 Å². The number of nitrogens with one attached hydrogen (secondary N) is 1. The van der Waals surface area contributed by atoms with E-state index < -0.39 is 18.0 Å². The number of thioether (sulfide) groups is 1. The molecule has 2 amide bonds. The van der Waals surface area contributed by atoms with Gasteiger partial charge in [0.25, 0.3) is 5.91 Å². The monoisotopic (exact) mass is 448 g/mol. The number of thiazole rings is 1. The van der Waals surface area contributed by atoms with E-state index in [0.717, 1.165) is 0 Å². The minimum atomic E-state index is -1.19. The second kappa shape index (κ2) is 8.99. The summed E-state index contributed by atoms with van der Waals surface area (Å²) >= 11 is 2.44. The Morgan fingerprint density at radius 3 is 2.90 bits per heavy atom. The van der Waals surface area contributed by atoms with E-state index in [9.17, 15) is 24.6 Å². The number of carbonyl (C=O) groups excluding carboxylic acids is 2. The Kier molecular flexibility index (Phi) is 6.60. The van der Waals surface area contributed by atoms with Gasteiger partial charge in [0.1, 0.15) is 11.4 Å². The topological polar surface area (TPSA) is 144 Å². The van der Waals surface area contributed by atoms with Gasteiger partial charge in [-0.25, -0.2) is 9.78 Å². The number of aliphatic carboxylic acids is 1. The van der Waals surface area contributed by atoms with Crippen LogP contribution < -0.4 is 5.32 Å². The molecule has 0 aliphatic carbocycles. The Morgan fingerprint density at radius 1 is 1.53 bits per heavy atom. The van der Waals surface area contributed by atoms with Crippen LogP contribution in [-0.4, -0.2) is 56.6 Å². The standard InChI is InChI=1S/C19H20N4O5S2/c1-9-14-12(10(2)24)18(26)23(14)15(19(27)28)16(9)29-7-4-11-13(22-8-30-11)17(25)21-6-3-5-20/h4,7-10,12,14,24H,3,6H2,1-2H3,(H,21,25)(H,27,28)/t9-,10-,12-,14-/m1/s1. The number of nitrogens with zero attached hydrogens (tertiary/aromatic N) is 3. The molecule has 0 aromatic carbocycles. The van der Waals surface area contributed by atoms with Crippen LogP contribution in [0.2, 0.25) is 0 Å². The first-order valence-corrected chi connectivity index (χ1v) is 11.0. The van der Waals surface area contributed by atoms with Crippen LogP contribution >= 0.6 is 23.1 Å². The lowest BCUT2D eigenvalue weighted by atomic mass is 9.79. The zero-order valence-corrected chi connectivity index (χ0v) is 17.9. The molecular weight excluding hydrogens is 428 g/mol. The molecule has 1 aromatic heterocycles. The predicted molar refractivity (Wildman–Crippen MR) is 111 cm³/mol. The third-order valence-corrected chi connectivity index (χ3v) is 6.94. The number of carbonyl (C=O) groups is 3. The molecule has 0 spiro atoms. The van der Waals surface area contributed by atoms with E-state index in [2.05, 4.69) is 10.3 Å². The van der Waals surface area contributed by atoms with Gasteiger partial charge in [-0.15, -0.1) is 11.3 Å². The fourth-order valence-electron chi connectivity index (χ4n) is 3.71. The van der Waals surface area contributed by atoms with Crippen molar-refractivity contribution in [3.05, 3.63) is 32.1 Å². The Labute approximate surface area is 181 Å². The summed E-state index contributed by atoms with van der Waals surface area (Å²) in [5.74, 6) is -2.80. The van der Waals surface area contributed by atoms with Crippen LogP contribution in [0.3, 0.4) is 0 Å². The first kappa shape index (κ1) is 22.0. The summed E-state index contributed by atoms with van der Waals surface area (Å²) < 4.78 is 0. The van der Waals surface area contributed by atoms with Gasteiger partial charge < -0.3 is 20.4 Å². The number of aliphatic hydroxyl groups excluding tert-OH is 1. The Balaban J connectivity index is 1.76. The molecule has 0 bridgehead atoms. The van der Waals surface area contributed by atoms with Crippen molar-refractivity contribution < 1.29 is 24.6 Å². The molecular formula is C19H20N4O5S2. The highest BCUT2D eigenvalue weighted by molar-refractivity contribution is 8.06. The van der Waals surface area contributed by atoms with Crippen LogP contribution in [0, 0.1) is 23.2 Å². The average molecular weight is 449 g/mol. The maximum absolute atomic E-state index is 12.3. The van der Waals surface area contributed by atoms with Crippen LogP contribution in [0.15, 0.2) is 21.5 Å². The van der Waals surface area contributed by atoms with Gasteiger partial charge in [0.2, 0.25) is 5.91 Å². The second-order valence-electron chi connectivity index (χ2n) is 6.92. The quantitative estimate of drug-likeness (QED) is 0.402. The van der Waals surface area contributed by atoms with E-state index in [0.29, 0.717) is 9.78 Å². The average Bonchev–Trinajstić information content (AvgIpc) is 3.23. The van der Waals surface area contributed by atoms with E-state index in [1.165, 1.54) is 40.4 Å². The Bertz CT molecular complexity index is 978. The lowest BCUT2D eigenvalue weighted by molar-refractivity contribution is -0.163. The molecule has 9 nitrogen and oxygen atoms in total. The summed E-state index contributed by atoms with van der Waals surface area (Å²) in [4.78, 5) is 42.8. The normalized spacial score (nSPS) is 23.9. The number of aliphatic hydroxyl groups is 1. The van der Waals surface area contributed by atoms with Gasteiger partial charge in [-0.3, -0.25) is 9.59 Å². The number of amides is 2. The summed E-state index contributed by atoms with van der Waals surface area (Å²) in [6.07, 6.45) is 1.02. The van der Waals surface area contributed by atoms with Crippen LogP contribution in [0.1, 0.15) is 35.6 Å². The number of nitriles is 1. The van der Waals surface area contributed by atoms with Crippen molar-refractivity contribution >= 4 is 47.0 Å². The first-order valence-electron chi connectivity index (χ1n) is 9.20. The first-order chi connectivity index (χ1) is 14.3. The number of hydrogen-bond donors (Lipinski definition) is 3. The molecule has 1 aromatic rings. The Hall–Kier alpha value is -2.68. The fourth-order valence-corrected chi connectivity index (χ4v) is 5.47. The molecule has 2 aliphatic rings. The summed E-state index contributed by atoms with van der Waals surface area (Å²) in [6.45, 7) is 3.60. The number of aromatic nitrogens is 1. The highest BCUT2D eigenvalue weighted by Gasteiger charge is 2.59. The number of β-lactam (4-membered cyclic amide) rings is 1. The van der Waals surface area contributed by atoms with Gasteiger partial charge in [0.05, 0.1) is 40.9 Å². The Morgan fingerprint density at radius 2 is 2.27 bits per heavy atom. The molecule has 0 radical (unpaired) electrons. The molecule has 1 fully saturated rings. The molecule has 0 unspecified atom stereocenters. The van der Waals surface area contributed by atoms with Gasteiger partial charge >= 0.3 is 5.97 Å². The van der Waals surface area contributed by atoms with E-state index in [4.69, 9.17) is 5.26 Å². The van der Waals surface area contributed by atoms with Crippen molar-refractivity contribution in [1.82, 2.24) is 15.2 Å². The second-order valence-corrected chi connectivity index (χ2v) is 8.76. The number of carboxylic acids is 1. The largest absolute Gasteiger partial charge is 0.477 e. The smallest absolute Gasteiger partial charge is 0.353 e. The molecule has 3 rings (SSSR count). The highest BCUT2D eigenvalue weighted by atomic mass is 32.2. The minimum Gasteiger partial charge on any atom is -0.477 e. The number of hydrogen-bond acceptors (Lipinski definition) is 8. The minimum absolute atomic E-state index is 0.0529. The van der Waals surface area contributed by atoms with Crippen LogP contribution in [0.4, 0.5) is 0 Å². The molecule has 1 saturated heterocycles. The molecule has 4 atom stereocenters. The summed E-state index contributed by atoms with van der Waals surface area (Å²) in [7, 11) is 0. The van der Waals surface area contributed by atoms with Crippen LogP contribution in [0.25, 0.3) is 6.08 Å². The molecule has 30 heavy (non-hydrogen) atoms. The molecule has 3 heterocycles. The lowest BCUT2D eigenvalue weighted by Gasteiger charge is -2.46. The van der Waals surface area contributed by atoms with Gasteiger partial charge in [-0.2, -0.15) is 5.26 Å². The fraction of sp³-hybridized carbons (Fsp3) is 0.421. The van der Waals surface area contributed by atoms with Gasteiger partial charge in [0, 0.05) is 17.4 Å². The van der Waals surface area contributed by atoms with E-state index >= 15 is 0 Å². The molecule has 3 N–H and O–H groups in total. The molecule has 11 heteroatoms. The van der Waals surface area contributed by atoms with Crippen molar-refractivity contribution in [1.29, 1.82) is 5.26 Å². The van der Waals surface area contributed by atoms with Crippen molar-refractivity contribution in [2.75, 3.05) is 6.54 Å². The summed E-state index contributed by atoms with van der Waals surface area (Å²) in [5.41, 5.74) is 1.71. The highest BCUT2D eigenvalue weighted by Crippen LogP contribution is 2.50. The number of rotatable bonds is 8. The maximum Gasteiger partial charge on any atom is 0.353 e. The zero-order chi connectivity index (χ0) is 22.0. The zero-order valence-electron chi connectivity index (χ0n) is 16.2. The third kappa shape index (κ3) is 3.86. The van der Waals surface area contributed by atoms with Gasteiger partial charge in [0.15, 0.2) is 0 Å². The molecule has 158 valence electrons. The molecule has 0 saturated carbocycles. The van der Waals surface area contributed by atoms with E-state index in [-0.39, 0.29) is 48.1 Å². The maximum atomic E-state index is 12.3. The lowest BCUT2D eigenvalue weighted by Crippen LogP contribution is -2.63. The number of carboxylic acid groups (broad SMARTS) is 1. The number of fused-ring (bicyclic) bond motifs is 1. The van der Waals surface area contributed by atoms with Gasteiger partial charge in [-0.05, 0) is 18.4 Å². The van der Waals surface area contributed by atoms with Crippen molar-refractivity contribution in [3.63, 3.8) is 0 Å². The summed E-state index contributed by atoms with van der Waals surface area (Å²) in [6, 6.07) is 1.57. The SMILES string of the molecule is C[C@@H](O)[C@H]1C(=O)N2C(C(=O)O)=C(SC=Cc3scnc3C(=O)NCCC#N)[C@H](C)[C@H]12. The van der Waals surface area contributed by atoms with Crippen molar-refractivity contribution in [2.24, 2.45) is 11.8 Å². The van der Waals surface area contributed by atoms with Crippen molar-refractivity contribution in [3.8, 4) is 6.07 Å².